The Labute approximate surface area is 53.6 Å². The predicted octanol–water partition coefficient (Wildman–Crippen LogP) is -1.52. The zero-order valence-corrected chi connectivity index (χ0v) is 5.60. The summed E-state index contributed by atoms with van der Waals surface area (Å²) in [4.78, 5) is 0. The molecule has 54 valence electrons. The van der Waals surface area contributed by atoms with Gasteiger partial charge in [0.15, 0.2) is 0 Å². The van der Waals surface area contributed by atoms with Gasteiger partial charge >= 0.3 is 0 Å². The van der Waals surface area contributed by atoms with E-state index in [1.807, 2.05) is 0 Å². The molecule has 0 aromatic carbocycles. The Bertz CT molecular complexity index is 181. The van der Waals surface area contributed by atoms with Crippen LogP contribution in [-0.2, 0) is 14.9 Å². The number of hydrogen-bond acceptors (Lipinski definition) is 3. The lowest BCUT2D eigenvalue weighted by Gasteiger charge is -2.06. The quantitative estimate of drug-likeness (QED) is 0.496. The molecule has 0 atom stereocenters. The summed E-state index contributed by atoms with van der Waals surface area (Å²) in [5.74, 6) is 0. The number of nitrogens with two attached hydrogens (primary N) is 1. The smallest absolute Gasteiger partial charge is 0.278 e. The van der Waals surface area contributed by atoms with Crippen molar-refractivity contribution in [3.8, 4) is 0 Å². The van der Waals surface area contributed by atoms with Crippen LogP contribution >= 0.6 is 0 Å². The second-order valence-electron chi connectivity index (χ2n) is 1.76. The summed E-state index contributed by atoms with van der Waals surface area (Å²) >= 11 is 0. The Morgan fingerprint density at radius 2 is 2.22 bits per heavy atom. The molecule has 0 aliphatic carbocycles. The van der Waals surface area contributed by atoms with Crippen molar-refractivity contribution in [2.24, 2.45) is 5.14 Å². The molecule has 9 heavy (non-hydrogen) atoms. The number of nitrogens with zero attached hydrogens (tertiary/aromatic N) is 1. The maximum Gasteiger partial charge on any atom is 0.278 e. The Kier molecular flexibility index (Phi) is 1.71. The normalized spacial score (nSPS) is 22.8. The molecule has 6 heteroatoms. The maximum absolute atomic E-state index is 10.5. The predicted molar refractivity (Wildman–Crippen MR) is 30.6 cm³/mol. The van der Waals surface area contributed by atoms with E-state index in [2.05, 4.69) is 0 Å². The van der Waals surface area contributed by atoms with Gasteiger partial charge in [-0.25, -0.2) is 5.14 Å². The molecule has 0 bridgehead atoms. The third-order valence-electron chi connectivity index (χ3n) is 1.08. The molecule has 1 aliphatic rings. The second-order valence-corrected chi connectivity index (χ2v) is 3.30. The zero-order chi connectivity index (χ0) is 6.91. The monoisotopic (exact) mass is 152 g/mol. The lowest BCUT2D eigenvalue weighted by atomic mass is 10.7. The van der Waals surface area contributed by atoms with Crippen LogP contribution in [-0.4, -0.2) is 32.6 Å². The minimum Gasteiger partial charge on any atom is -0.364 e. The first-order valence-corrected chi connectivity index (χ1v) is 3.96. The van der Waals surface area contributed by atoms with E-state index in [1.54, 1.807) is 0 Å². The first-order chi connectivity index (χ1) is 4.11. The highest BCUT2D eigenvalue weighted by molar-refractivity contribution is 7.86. The van der Waals surface area contributed by atoms with Gasteiger partial charge in [-0.1, -0.05) is 0 Å². The summed E-state index contributed by atoms with van der Waals surface area (Å²) in [7, 11) is -3.49. The fraction of sp³-hybridized carbons (Fsp3) is 1.00. The van der Waals surface area contributed by atoms with Crippen LogP contribution in [0.3, 0.4) is 0 Å². The van der Waals surface area contributed by atoms with E-state index in [4.69, 9.17) is 9.88 Å². The largest absolute Gasteiger partial charge is 0.364 e. The lowest BCUT2D eigenvalue weighted by Crippen LogP contribution is -2.34. The minimum atomic E-state index is -3.49. The molecule has 1 saturated heterocycles. The van der Waals surface area contributed by atoms with E-state index in [0.29, 0.717) is 13.2 Å². The van der Waals surface area contributed by atoms with Crippen molar-refractivity contribution < 1.29 is 13.2 Å². The van der Waals surface area contributed by atoms with Gasteiger partial charge < -0.3 is 4.74 Å². The van der Waals surface area contributed by atoms with Gasteiger partial charge in [-0.15, -0.1) is 0 Å². The highest BCUT2D eigenvalue weighted by atomic mass is 32.2. The molecular formula is C3H8N2O3S. The summed E-state index contributed by atoms with van der Waals surface area (Å²) in [6.45, 7) is 0.911. The fourth-order valence-electron chi connectivity index (χ4n) is 0.598. The summed E-state index contributed by atoms with van der Waals surface area (Å²) < 4.78 is 26.7. The van der Waals surface area contributed by atoms with Crippen LogP contribution in [0.5, 0.6) is 0 Å². The van der Waals surface area contributed by atoms with Crippen LogP contribution < -0.4 is 5.14 Å². The van der Waals surface area contributed by atoms with Gasteiger partial charge in [0, 0.05) is 6.54 Å². The molecule has 5 nitrogen and oxygen atoms in total. The third-order valence-corrected chi connectivity index (χ3v) is 2.09. The van der Waals surface area contributed by atoms with Gasteiger partial charge in [-0.2, -0.15) is 12.7 Å². The van der Waals surface area contributed by atoms with Gasteiger partial charge in [0.2, 0.25) is 0 Å². The first-order valence-electron chi connectivity index (χ1n) is 2.46. The summed E-state index contributed by atoms with van der Waals surface area (Å²) in [6.07, 6.45) is 0. The highest BCUT2D eigenvalue weighted by Gasteiger charge is 2.21. The molecule has 0 aromatic heterocycles. The average molecular weight is 152 g/mol. The van der Waals surface area contributed by atoms with Crippen LogP contribution in [0.15, 0.2) is 0 Å². The molecule has 1 rings (SSSR count). The Morgan fingerprint density at radius 1 is 1.56 bits per heavy atom. The Balaban J connectivity index is 2.63. The molecule has 2 N–H and O–H groups in total. The van der Waals surface area contributed by atoms with Crippen molar-refractivity contribution in [3.63, 3.8) is 0 Å². The van der Waals surface area contributed by atoms with Gasteiger partial charge in [-0.05, 0) is 0 Å². The number of rotatable bonds is 1. The molecule has 0 radical (unpaired) electrons. The second kappa shape index (κ2) is 2.22. The van der Waals surface area contributed by atoms with E-state index in [0.717, 1.165) is 4.31 Å². The van der Waals surface area contributed by atoms with E-state index >= 15 is 0 Å². The topological polar surface area (TPSA) is 72.6 Å². The standard InChI is InChI=1S/C3H8N2O3S/c4-9(6,7)5-1-2-8-3-5/h1-3H2,(H2,4,6,7). The van der Waals surface area contributed by atoms with Crippen molar-refractivity contribution in [1.82, 2.24) is 4.31 Å². The van der Waals surface area contributed by atoms with Crippen molar-refractivity contribution in [2.45, 2.75) is 0 Å². The van der Waals surface area contributed by atoms with Gasteiger partial charge in [0.1, 0.15) is 6.73 Å². The zero-order valence-electron chi connectivity index (χ0n) is 4.78. The molecular weight excluding hydrogens is 144 g/mol. The Morgan fingerprint density at radius 3 is 2.44 bits per heavy atom. The molecule has 0 aromatic rings. The molecule has 1 aliphatic heterocycles. The van der Waals surface area contributed by atoms with Gasteiger partial charge in [-0.3, -0.25) is 0 Å². The molecule has 0 saturated carbocycles. The SMILES string of the molecule is NS(=O)(=O)N1CCOC1. The van der Waals surface area contributed by atoms with Gasteiger partial charge in [0.25, 0.3) is 10.2 Å². The maximum atomic E-state index is 10.5. The van der Waals surface area contributed by atoms with Crippen molar-refractivity contribution in [3.05, 3.63) is 0 Å². The average Bonchev–Trinajstić information content (AvgIpc) is 2.08. The summed E-state index contributed by atoms with van der Waals surface area (Å²) in [6, 6.07) is 0. The van der Waals surface area contributed by atoms with Crippen molar-refractivity contribution >= 4 is 10.2 Å². The van der Waals surface area contributed by atoms with E-state index in [9.17, 15) is 8.42 Å². The number of ether oxygens (including phenoxy) is 1. The van der Waals surface area contributed by atoms with Crippen LogP contribution in [0.1, 0.15) is 0 Å². The van der Waals surface area contributed by atoms with E-state index in [1.165, 1.54) is 0 Å². The van der Waals surface area contributed by atoms with Crippen LogP contribution in [0, 0.1) is 0 Å². The lowest BCUT2D eigenvalue weighted by molar-refractivity contribution is 0.172. The summed E-state index contributed by atoms with van der Waals surface area (Å²) in [5.41, 5.74) is 0. The minimum absolute atomic E-state index is 0.0961. The molecule has 0 spiro atoms. The molecule has 1 fully saturated rings. The first kappa shape index (κ1) is 6.94. The van der Waals surface area contributed by atoms with E-state index < -0.39 is 10.2 Å². The van der Waals surface area contributed by atoms with E-state index in [-0.39, 0.29) is 6.73 Å². The molecule has 1 heterocycles. The molecule has 0 unspecified atom stereocenters. The fourth-order valence-corrected chi connectivity index (χ4v) is 1.15. The highest BCUT2D eigenvalue weighted by Crippen LogP contribution is 2.00. The Hall–Kier alpha value is -0.170. The van der Waals surface area contributed by atoms with Crippen LogP contribution in [0.4, 0.5) is 0 Å². The van der Waals surface area contributed by atoms with Gasteiger partial charge in [0.05, 0.1) is 6.61 Å². The van der Waals surface area contributed by atoms with Crippen LogP contribution in [0.25, 0.3) is 0 Å². The third kappa shape index (κ3) is 1.62. The van der Waals surface area contributed by atoms with Crippen molar-refractivity contribution in [2.75, 3.05) is 19.9 Å². The molecule has 0 amide bonds. The summed E-state index contributed by atoms with van der Waals surface area (Å²) in [5, 5.41) is 4.76. The van der Waals surface area contributed by atoms with Crippen LogP contribution in [0.2, 0.25) is 0 Å². The number of hydrogen-bond donors (Lipinski definition) is 1. The van der Waals surface area contributed by atoms with Crippen molar-refractivity contribution in [1.29, 1.82) is 0 Å².